The molecule has 0 aliphatic rings. The van der Waals surface area contributed by atoms with Crippen LogP contribution in [-0.2, 0) is 16.1 Å². The normalized spacial score (nSPS) is 11.5. The Bertz CT molecular complexity index is 1240. The molecule has 2 aromatic carbocycles. The molecule has 3 rings (SSSR count). The molecule has 1 aromatic heterocycles. The Kier molecular flexibility index (Phi) is 8.65. The summed E-state index contributed by atoms with van der Waals surface area (Å²) in [6, 6.07) is 13.4. The van der Waals surface area contributed by atoms with Crippen molar-refractivity contribution in [3.63, 3.8) is 0 Å². The summed E-state index contributed by atoms with van der Waals surface area (Å²) in [5.74, 6) is -0.839. The first kappa shape index (κ1) is 26.4. The van der Waals surface area contributed by atoms with Gasteiger partial charge in [-0.15, -0.1) is 0 Å². The van der Waals surface area contributed by atoms with E-state index in [4.69, 9.17) is 14.7 Å². The minimum atomic E-state index is -1.27. The van der Waals surface area contributed by atoms with Crippen LogP contribution in [0.25, 0.3) is 11.0 Å². The summed E-state index contributed by atoms with van der Waals surface area (Å²) in [5, 5.41) is 12.1. The van der Waals surface area contributed by atoms with Gasteiger partial charge in [0.15, 0.2) is 5.82 Å². The predicted octanol–water partition coefficient (Wildman–Crippen LogP) is 6.44. The molecule has 0 saturated carbocycles. The van der Waals surface area contributed by atoms with Gasteiger partial charge in [0.1, 0.15) is 17.9 Å². The number of benzene rings is 2. The Morgan fingerprint density at radius 2 is 1.94 bits per heavy atom. The van der Waals surface area contributed by atoms with Crippen LogP contribution in [0.5, 0.6) is 0 Å². The highest BCUT2D eigenvalue weighted by Crippen LogP contribution is 2.32. The Hall–Kier alpha value is -3.22. The maximum absolute atomic E-state index is 15.6. The molecule has 0 aliphatic heterocycles. The van der Waals surface area contributed by atoms with Crippen molar-refractivity contribution in [3.05, 3.63) is 52.6 Å². The maximum atomic E-state index is 15.6. The van der Waals surface area contributed by atoms with Crippen molar-refractivity contribution >= 4 is 36.5 Å². The van der Waals surface area contributed by atoms with E-state index in [1.807, 2.05) is 0 Å². The summed E-state index contributed by atoms with van der Waals surface area (Å²) in [7, 11) is -0.0195. The smallest absolute Gasteiger partial charge is 0.340 e. The molecule has 0 unspecified atom stereocenters. The molecule has 0 fully saturated rings. The number of ether oxygens (including phenoxy) is 2. The number of hydrogen-bond acceptors (Lipinski definition) is 6. The molecule has 35 heavy (non-hydrogen) atoms. The van der Waals surface area contributed by atoms with Gasteiger partial charge in [-0.1, -0.05) is 38.9 Å². The number of fused-ring (bicyclic) bond motifs is 1. The number of H-pyrrole nitrogens is 1. The minimum absolute atomic E-state index is 0.0271. The second-order valence-electron chi connectivity index (χ2n) is 8.81. The highest BCUT2D eigenvalue weighted by molar-refractivity contribution is 6.79. The van der Waals surface area contributed by atoms with Crippen molar-refractivity contribution in [2.45, 2.75) is 58.5 Å². The molecule has 0 aliphatic carbocycles. The van der Waals surface area contributed by atoms with Gasteiger partial charge in [-0.2, -0.15) is 5.26 Å². The number of aromatic amines is 1. The molecule has 3 aromatic rings. The molecule has 9 heteroatoms. The van der Waals surface area contributed by atoms with E-state index in [9.17, 15) is 4.79 Å². The van der Waals surface area contributed by atoms with Crippen LogP contribution in [0, 0.1) is 24.1 Å². The Morgan fingerprint density at radius 3 is 2.54 bits per heavy atom. The van der Waals surface area contributed by atoms with E-state index >= 15 is 4.39 Å². The number of aryl methyl sites for hydroxylation is 1. The third-order valence-corrected chi connectivity index (χ3v) is 12.8. The lowest BCUT2D eigenvalue weighted by atomic mass is 10.1. The van der Waals surface area contributed by atoms with Crippen LogP contribution in [0.4, 0.5) is 15.8 Å². The van der Waals surface area contributed by atoms with Crippen molar-refractivity contribution in [2.75, 3.05) is 19.0 Å². The zero-order valence-corrected chi connectivity index (χ0v) is 22.0. The molecule has 7 nitrogen and oxygen atoms in total. The van der Waals surface area contributed by atoms with Gasteiger partial charge in [0.2, 0.25) is 0 Å². The van der Waals surface area contributed by atoms with Crippen LogP contribution in [0.15, 0.2) is 24.3 Å². The molecular weight excluding hydrogens is 463 g/mol. The van der Waals surface area contributed by atoms with Crippen LogP contribution in [-0.4, -0.2) is 37.7 Å². The van der Waals surface area contributed by atoms with Gasteiger partial charge in [-0.05, 0) is 42.8 Å². The van der Waals surface area contributed by atoms with Crippen molar-refractivity contribution < 1.29 is 18.7 Å². The van der Waals surface area contributed by atoms with Crippen LogP contribution < -0.4 is 5.32 Å². The number of nitriles is 1. The van der Waals surface area contributed by atoms with E-state index in [1.165, 1.54) is 31.3 Å². The minimum Gasteiger partial charge on any atom is -0.465 e. The molecule has 0 saturated heterocycles. The number of nitrogens with zero attached hydrogens (tertiary/aromatic N) is 2. The van der Waals surface area contributed by atoms with Crippen LogP contribution >= 0.6 is 0 Å². The van der Waals surface area contributed by atoms with Crippen molar-refractivity contribution in [2.24, 2.45) is 0 Å². The molecule has 0 atom stereocenters. The largest absolute Gasteiger partial charge is 0.465 e. The average molecular weight is 497 g/mol. The fourth-order valence-corrected chi connectivity index (χ4v) is 7.51. The Labute approximate surface area is 206 Å². The summed E-state index contributed by atoms with van der Waals surface area (Å²) in [6.07, 6.45) is 0. The molecular formula is C26H33FN4O3Si. The molecule has 0 spiro atoms. The summed E-state index contributed by atoms with van der Waals surface area (Å²) >= 11 is 0. The number of imidazole rings is 1. The zero-order chi connectivity index (χ0) is 25.6. The highest BCUT2D eigenvalue weighted by Gasteiger charge is 2.26. The van der Waals surface area contributed by atoms with Gasteiger partial charge in [-0.25, -0.2) is 14.2 Å². The first-order chi connectivity index (χ1) is 16.8. The number of rotatable bonds is 11. The number of carbonyl (C=O) groups excluding carboxylic acids is 1. The SMILES string of the molecule is CC[Si](CC)(CC)CCOCc1nc2c(F)c(Nc3ccc(C#N)cc3C)c(C(=O)OC)cc2[nH]1. The van der Waals surface area contributed by atoms with Gasteiger partial charge in [0.25, 0.3) is 0 Å². The third kappa shape index (κ3) is 5.72. The van der Waals surface area contributed by atoms with Crippen LogP contribution in [0.2, 0.25) is 24.2 Å². The second-order valence-corrected chi connectivity index (χ2v) is 14.4. The third-order valence-electron chi connectivity index (χ3n) is 7.05. The Balaban J connectivity index is 1.88. The predicted molar refractivity (Wildman–Crippen MR) is 138 cm³/mol. The molecule has 186 valence electrons. The molecule has 1 heterocycles. The molecule has 0 radical (unpaired) electrons. The van der Waals surface area contributed by atoms with E-state index in [-0.39, 0.29) is 23.4 Å². The number of carbonyl (C=O) groups is 1. The lowest BCUT2D eigenvalue weighted by Gasteiger charge is -2.27. The Morgan fingerprint density at radius 1 is 1.23 bits per heavy atom. The van der Waals surface area contributed by atoms with Gasteiger partial charge < -0.3 is 19.8 Å². The van der Waals surface area contributed by atoms with Crippen molar-refractivity contribution in [1.29, 1.82) is 5.26 Å². The number of nitrogens with one attached hydrogen (secondary N) is 2. The number of anilines is 2. The molecule has 0 amide bonds. The van der Waals surface area contributed by atoms with Crippen molar-refractivity contribution in [1.82, 2.24) is 9.97 Å². The number of methoxy groups -OCH3 is 1. The summed E-state index contributed by atoms with van der Waals surface area (Å²) in [4.78, 5) is 20.0. The van der Waals surface area contributed by atoms with Gasteiger partial charge in [0, 0.05) is 12.3 Å². The van der Waals surface area contributed by atoms with Gasteiger partial charge in [0.05, 0.1) is 43.6 Å². The maximum Gasteiger partial charge on any atom is 0.340 e. The average Bonchev–Trinajstić information content (AvgIpc) is 3.29. The topological polar surface area (TPSA) is 100 Å². The zero-order valence-electron chi connectivity index (χ0n) is 21.0. The van der Waals surface area contributed by atoms with E-state index in [0.717, 1.165) is 11.6 Å². The monoisotopic (exact) mass is 496 g/mol. The van der Waals surface area contributed by atoms with E-state index < -0.39 is 19.9 Å². The first-order valence-electron chi connectivity index (χ1n) is 12.0. The fourth-order valence-electron chi connectivity index (χ4n) is 4.37. The number of hydrogen-bond donors (Lipinski definition) is 2. The second kappa shape index (κ2) is 11.5. The highest BCUT2D eigenvalue weighted by atomic mass is 28.3. The van der Waals surface area contributed by atoms with E-state index in [2.05, 4.69) is 42.1 Å². The van der Waals surface area contributed by atoms with Gasteiger partial charge >= 0.3 is 5.97 Å². The number of halogens is 1. The van der Waals surface area contributed by atoms with Crippen molar-refractivity contribution in [3.8, 4) is 6.07 Å². The van der Waals surface area contributed by atoms with Crippen LogP contribution in [0.3, 0.4) is 0 Å². The lowest BCUT2D eigenvalue weighted by Crippen LogP contribution is -2.32. The quantitative estimate of drug-likeness (QED) is 0.180. The molecule has 0 bridgehead atoms. The van der Waals surface area contributed by atoms with Gasteiger partial charge in [-0.3, -0.25) is 0 Å². The number of esters is 1. The van der Waals surface area contributed by atoms with E-state index in [0.29, 0.717) is 29.2 Å². The lowest BCUT2D eigenvalue weighted by molar-refractivity contribution is 0.0601. The summed E-state index contributed by atoms with van der Waals surface area (Å²) in [6.45, 7) is 9.50. The summed E-state index contributed by atoms with van der Waals surface area (Å²) < 4.78 is 26.4. The first-order valence-corrected chi connectivity index (χ1v) is 14.8. The van der Waals surface area contributed by atoms with E-state index in [1.54, 1.807) is 25.1 Å². The fraction of sp³-hybridized carbons (Fsp3) is 0.423. The summed E-state index contributed by atoms with van der Waals surface area (Å²) in [5.41, 5.74) is 2.32. The number of aromatic nitrogens is 2. The van der Waals surface area contributed by atoms with Crippen LogP contribution in [0.1, 0.15) is 48.1 Å². The standard InChI is InChI=1S/C26H33FN4O3Si/c1-6-35(7-2,8-3)12-11-34-16-22-29-21-14-19(26(32)33-5)24(23(27)25(21)31-22)30-20-10-9-18(15-28)13-17(20)4/h9-10,13-14,30H,6-8,11-12,16H2,1-5H3,(H,29,31). The molecule has 2 N–H and O–H groups in total.